The standard InChI is InChI=1S/C17H22N2O5/c18-14(20)10-24-13-6-4-12(5-7-13)15(21)19-11-17(16(22)23)8-2-1-3-9-17/h4-7H,1-3,8-11H2,(H2,18,20)(H,19,21)(H,22,23). The molecule has 24 heavy (non-hydrogen) atoms. The fourth-order valence-corrected chi connectivity index (χ4v) is 2.90. The van der Waals surface area contributed by atoms with Crippen molar-refractivity contribution < 1.29 is 24.2 Å². The second-order valence-corrected chi connectivity index (χ2v) is 6.11. The van der Waals surface area contributed by atoms with E-state index >= 15 is 0 Å². The number of carbonyl (C=O) groups is 3. The van der Waals surface area contributed by atoms with Crippen molar-refractivity contribution in [2.45, 2.75) is 32.1 Å². The summed E-state index contributed by atoms with van der Waals surface area (Å²) in [4.78, 5) is 34.5. The lowest BCUT2D eigenvalue weighted by Gasteiger charge is -2.33. The highest BCUT2D eigenvalue weighted by molar-refractivity contribution is 5.94. The third kappa shape index (κ3) is 4.47. The van der Waals surface area contributed by atoms with Gasteiger partial charge in [-0.15, -0.1) is 0 Å². The Morgan fingerprint density at radius 1 is 1.12 bits per heavy atom. The highest BCUT2D eigenvalue weighted by Gasteiger charge is 2.39. The van der Waals surface area contributed by atoms with Gasteiger partial charge in [0.25, 0.3) is 11.8 Å². The van der Waals surface area contributed by atoms with E-state index in [9.17, 15) is 19.5 Å². The van der Waals surface area contributed by atoms with Gasteiger partial charge in [0.15, 0.2) is 6.61 Å². The third-order valence-electron chi connectivity index (χ3n) is 4.35. The maximum absolute atomic E-state index is 12.2. The second kappa shape index (κ2) is 7.81. The molecule has 0 bridgehead atoms. The van der Waals surface area contributed by atoms with Crippen molar-refractivity contribution in [2.75, 3.05) is 13.2 Å². The van der Waals surface area contributed by atoms with Gasteiger partial charge in [0.1, 0.15) is 5.75 Å². The second-order valence-electron chi connectivity index (χ2n) is 6.11. The van der Waals surface area contributed by atoms with E-state index in [1.807, 2.05) is 0 Å². The molecule has 2 amide bonds. The molecule has 0 aliphatic heterocycles. The van der Waals surface area contributed by atoms with Crippen molar-refractivity contribution in [1.29, 1.82) is 0 Å². The molecule has 0 heterocycles. The summed E-state index contributed by atoms with van der Waals surface area (Å²) in [6, 6.07) is 6.23. The minimum Gasteiger partial charge on any atom is -0.484 e. The fraction of sp³-hybridized carbons (Fsp3) is 0.471. The predicted molar refractivity (Wildman–Crippen MR) is 86.6 cm³/mol. The Hall–Kier alpha value is -2.57. The molecular weight excluding hydrogens is 312 g/mol. The molecule has 130 valence electrons. The van der Waals surface area contributed by atoms with Gasteiger partial charge in [-0.2, -0.15) is 0 Å². The van der Waals surface area contributed by atoms with E-state index in [1.165, 1.54) is 0 Å². The van der Waals surface area contributed by atoms with Crippen molar-refractivity contribution in [3.05, 3.63) is 29.8 Å². The number of benzene rings is 1. The first kappa shape index (κ1) is 17.8. The molecule has 0 saturated heterocycles. The van der Waals surface area contributed by atoms with Crippen LogP contribution in [-0.2, 0) is 9.59 Å². The number of hydrogen-bond donors (Lipinski definition) is 3. The average molecular weight is 334 g/mol. The van der Waals surface area contributed by atoms with E-state index < -0.39 is 17.3 Å². The van der Waals surface area contributed by atoms with Crippen LogP contribution in [0.1, 0.15) is 42.5 Å². The van der Waals surface area contributed by atoms with Crippen LogP contribution in [0.4, 0.5) is 0 Å². The van der Waals surface area contributed by atoms with E-state index in [2.05, 4.69) is 5.32 Å². The van der Waals surface area contributed by atoms with E-state index in [0.29, 0.717) is 24.2 Å². The van der Waals surface area contributed by atoms with Gasteiger partial charge in [0.2, 0.25) is 0 Å². The lowest BCUT2D eigenvalue weighted by Crippen LogP contribution is -2.44. The van der Waals surface area contributed by atoms with Gasteiger partial charge in [0.05, 0.1) is 5.41 Å². The van der Waals surface area contributed by atoms with Gasteiger partial charge in [-0.1, -0.05) is 19.3 Å². The number of ether oxygens (including phenoxy) is 1. The molecule has 1 aliphatic rings. The van der Waals surface area contributed by atoms with Crippen LogP contribution >= 0.6 is 0 Å². The van der Waals surface area contributed by atoms with Crippen LogP contribution in [0.25, 0.3) is 0 Å². The van der Waals surface area contributed by atoms with Crippen LogP contribution in [-0.4, -0.2) is 36.0 Å². The van der Waals surface area contributed by atoms with Crippen LogP contribution in [0.5, 0.6) is 5.75 Å². The molecular formula is C17H22N2O5. The smallest absolute Gasteiger partial charge is 0.311 e. The number of hydrogen-bond acceptors (Lipinski definition) is 4. The summed E-state index contributed by atoms with van der Waals surface area (Å²) in [5, 5.41) is 12.2. The van der Waals surface area contributed by atoms with Crippen LogP contribution in [0.3, 0.4) is 0 Å². The normalized spacial score (nSPS) is 16.2. The molecule has 0 radical (unpaired) electrons. The van der Waals surface area contributed by atoms with E-state index in [0.717, 1.165) is 19.3 Å². The number of rotatable bonds is 7. The Balaban J connectivity index is 1.94. The Morgan fingerprint density at radius 3 is 2.29 bits per heavy atom. The molecule has 0 aromatic heterocycles. The van der Waals surface area contributed by atoms with Crippen LogP contribution < -0.4 is 15.8 Å². The summed E-state index contributed by atoms with van der Waals surface area (Å²) in [6.07, 6.45) is 3.95. The van der Waals surface area contributed by atoms with Crippen LogP contribution in [0, 0.1) is 5.41 Å². The average Bonchev–Trinajstić information content (AvgIpc) is 2.59. The number of carbonyl (C=O) groups excluding carboxylic acids is 2. The molecule has 1 aromatic rings. The molecule has 0 atom stereocenters. The maximum atomic E-state index is 12.2. The molecule has 1 saturated carbocycles. The van der Waals surface area contributed by atoms with Gasteiger partial charge in [-0.25, -0.2) is 0 Å². The molecule has 7 heteroatoms. The van der Waals surface area contributed by atoms with Gasteiger partial charge in [0, 0.05) is 12.1 Å². The molecule has 1 aromatic carbocycles. The first-order chi connectivity index (χ1) is 11.4. The number of nitrogens with two attached hydrogens (primary N) is 1. The zero-order valence-corrected chi connectivity index (χ0v) is 13.4. The number of primary amides is 1. The largest absolute Gasteiger partial charge is 0.484 e. The highest BCUT2D eigenvalue weighted by Crippen LogP contribution is 2.36. The Labute approximate surface area is 140 Å². The third-order valence-corrected chi connectivity index (χ3v) is 4.35. The van der Waals surface area contributed by atoms with Crippen molar-refractivity contribution in [2.24, 2.45) is 11.1 Å². The van der Waals surface area contributed by atoms with Crippen molar-refractivity contribution in [3.8, 4) is 5.75 Å². The quantitative estimate of drug-likeness (QED) is 0.695. The molecule has 0 unspecified atom stereocenters. The molecule has 4 N–H and O–H groups in total. The lowest BCUT2D eigenvalue weighted by atomic mass is 9.74. The first-order valence-corrected chi connectivity index (χ1v) is 7.96. The Morgan fingerprint density at radius 2 is 1.75 bits per heavy atom. The van der Waals surface area contributed by atoms with E-state index in [4.69, 9.17) is 10.5 Å². The minimum atomic E-state index is -0.863. The summed E-state index contributed by atoms with van der Waals surface area (Å²) in [5.41, 5.74) is 4.53. The summed E-state index contributed by atoms with van der Waals surface area (Å²) in [6.45, 7) is -0.103. The number of carboxylic acids is 1. The van der Waals surface area contributed by atoms with Crippen LogP contribution in [0.2, 0.25) is 0 Å². The van der Waals surface area contributed by atoms with Gasteiger partial charge in [-0.3, -0.25) is 14.4 Å². The number of carboxylic acid groups (broad SMARTS) is 1. The molecule has 0 spiro atoms. The van der Waals surface area contributed by atoms with E-state index in [-0.39, 0.29) is 19.1 Å². The zero-order chi connectivity index (χ0) is 17.6. The molecule has 1 fully saturated rings. The van der Waals surface area contributed by atoms with Gasteiger partial charge < -0.3 is 20.9 Å². The molecule has 1 aliphatic carbocycles. The monoisotopic (exact) mass is 334 g/mol. The minimum absolute atomic E-state index is 0.126. The number of nitrogens with one attached hydrogen (secondary N) is 1. The van der Waals surface area contributed by atoms with Crippen molar-refractivity contribution in [1.82, 2.24) is 5.32 Å². The Bertz CT molecular complexity index is 606. The number of aliphatic carboxylic acids is 1. The van der Waals surface area contributed by atoms with Crippen molar-refractivity contribution >= 4 is 17.8 Å². The number of amides is 2. The molecule has 2 rings (SSSR count). The van der Waals surface area contributed by atoms with Gasteiger partial charge >= 0.3 is 5.97 Å². The SMILES string of the molecule is NC(=O)COc1ccc(C(=O)NCC2(C(=O)O)CCCCC2)cc1. The predicted octanol–water partition coefficient (Wildman–Crippen LogP) is 1.32. The van der Waals surface area contributed by atoms with Crippen LogP contribution in [0.15, 0.2) is 24.3 Å². The maximum Gasteiger partial charge on any atom is 0.311 e. The summed E-state index contributed by atoms with van der Waals surface area (Å²) in [7, 11) is 0. The Kier molecular flexibility index (Phi) is 5.78. The summed E-state index contributed by atoms with van der Waals surface area (Å²) in [5.74, 6) is -1.33. The lowest BCUT2D eigenvalue weighted by molar-refractivity contribution is -0.150. The van der Waals surface area contributed by atoms with Gasteiger partial charge in [-0.05, 0) is 37.1 Å². The topological polar surface area (TPSA) is 119 Å². The zero-order valence-electron chi connectivity index (χ0n) is 13.4. The first-order valence-electron chi connectivity index (χ1n) is 7.96. The highest BCUT2D eigenvalue weighted by atomic mass is 16.5. The van der Waals surface area contributed by atoms with Crippen molar-refractivity contribution in [3.63, 3.8) is 0 Å². The fourth-order valence-electron chi connectivity index (χ4n) is 2.90. The van der Waals surface area contributed by atoms with E-state index in [1.54, 1.807) is 24.3 Å². The summed E-state index contributed by atoms with van der Waals surface area (Å²) < 4.78 is 5.12. The summed E-state index contributed by atoms with van der Waals surface area (Å²) >= 11 is 0. The molecule has 7 nitrogen and oxygen atoms in total.